The highest BCUT2D eigenvalue weighted by Crippen LogP contribution is 2.37. The molecule has 268 valence electrons. The number of aliphatic carboxylic acids is 1. The van der Waals surface area contributed by atoms with Gasteiger partial charge in [0.15, 0.2) is 0 Å². The number of amides is 3. The van der Waals surface area contributed by atoms with Crippen molar-refractivity contribution in [3.05, 3.63) is 114 Å². The molecule has 0 radical (unpaired) electrons. The summed E-state index contributed by atoms with van der Waals surface area (Å²) < 4.78 is 20.8. The molecule has 0 aromatic heterocycles. The molecule has 4 aromatic carbocycles. The van der Waals surface area contributed by atoms with E-state index in [9.17, 15) is 28.5 Å². The monoisotopic (exact) mass is 719 g/mol. The number of carbonyl (C=O) groups is 5. The first kappa shape index (κ1) is 38.2. The minimum Gasteiger partial charge on any atom is -0.481 e. The number of carboxylic acids is 1. The third kappa shape index (κ3) is 13.3. The lowest BCUT2D eigenvalue weighted by Gasteiger charge is -2.24. The van der Waals surface area contributed by atoms with Crippen LogP contribution >= 0.6 is 7.82 Å². The third-order valence-electron chi connectivity index (χ3n) is 7.54. The highest BCUT2D eigenvalue weighted by molar-refractivity contribution is 7.46. The zero-order valence-corrected chi connectivity index (χ0v) is 28.3. The summed E-state index contributed by atoms with van der Waals surface area (Å²) in [6, 6.07) is 25.7. The Morgan fingerprint density at radius 1 is 0.686 bits per heavy atom. The molecule has 4 aromatic rings. The normalized spacial score (nSPS) is 12.3. The lowest BCUT2D eigenvalue weighted by Crippen LogP contribution is -2.55. The molecule has 2 atom stereocenters. The Morgan fingerprint density at radius 2 is 1.29 bits per heavy atom. The van der Waals surface area contributed by atoms with Gasteiger partial charge in [0.2, 0.25) is 17.7 Å². The number of hydrogen-bond acceptors (Lipinski definition) is 8. The van der Waals surface area contributed by atoms with Gasteiger partial charge in [-0.15, -0.1) is 0 Å². The van der Waals surface area contributed by atoms with E-state index in [-0.39, 0.29) is 44.6 Å². The molecule has 1 unspecified atom stereocenters. The predicted octanol–water partition coefficient (Wildman–Crippen LogP) is 2.83. The number of esters is 1. The van der Waals surface area contributed by atoms with Crippen molar-refractivity contribution in [3.8, 4) is 5.75 Å². The zero-order chi connectivity index (χ0) is 36.8. The van der Waals surface area contributed by atoms with Crippen LogP contribution in [0.3, 0.4) is 0 Å². The maximum Gasteiger partial charge on any atom is 0.524 e. The molecular weight excluding hydrogens is 681 g/mol. The minimum absolute atomic E-state index is 0.00152. The van der Waals surface area contributed by atoms with E-state index in [1.807, 2.05) is 48.5 Å². The first-order valence-electron chi connectivity index (χ1n) is 15.9. The number of carbonyl (C=O) groups excluding carboxylic acids is 4. The number of carboxylic acid groups (broad SMARTS) is 1. The van der Waals surface area contributed by atoms with Crippen molar-refractivity contribution in [2.24, 2.45) is 0 Å². The molecule has 0 fully saturated rings. The molecule has 15 heteroatoms. The molecule has 0 spiro atoms. The number of hydrogen-bond donors (Lipinski definition) is 6. The fourth-order valence-corrected chi connectivity index (χ4v) is 5.52. The third-order valence-corrected chi connectivity index (χ3v) is 7.99. The summed E-state index contributed by atoms with van der Waals surface area (Å²) in [5.41, 5.74) is 2.00. The molecule has 6 N–H and O–H groups in total. The smallest absolute Gasteiger partial charge is 0.481 e. The first-order valence-corrected chi connectivity index (χ1v) is 17.5. The van der Waals surface area contributed by atoms with Crippen LogP contribution in [0.2, 0.25) is 0 Å². The maximum atomic E-state index is 13.8. The molecule has 0 aliphatic heterocycles. The Bertz CT molecular complexity index is 1880. The predicted molar refractivity (Wildman–Crippen MR) is 185 cm³/mol. The molecule has 0 aliphatic rings. The highest BCUT2D eigenvalue weighted by atomic mass is 31.2. The quantitative estimate of drug-likeness (QED) is 0.0499. The van der Waals surface area contributed by atoms with Gasteiger partial charge in [0.25, 0.3) is 0 Å². The van der Waals surface area contributed by atoms with E-state index in [0.717, 1.165) is 21.9 Å². The lowest BCUT2D eigenvalue weighted by molar-refractivity contribution is -0.147. The van der Waals surface area contributed by atoms with Crippen LogP contribution in [0.5, 0.6) is 5.75 Å². The van der Waals surface area contributed by atoms with Crippen molar-refractivity contribution in [2.45, 2.75) is 44.2 Å². The maximum absolute atomic E-state index is 13.8. The molecule has 51 heavy (non-hydrogen) atoms. The number of phosphoric ester groups is 1. The molecule has 0 aliphatic carbocycles. The second kappa shape index (κ2) is 18.4. The summed E-state index contributed by atoms with van der Waals surface area (Å²) in [6.07, 6.45) is -0.693. The average Bonchev–Trinajstić information content (AvgIpc) is 3.09. The van der Waals surface area contributed by atoms with Crippen LogP contribution in [-0.4, -0.2) is 69.8 Å². The van der Waals surface area contributed by atoms with Crippen LogP contribution in [0.15, 0.2) is 97.1 Å². The topological polar surface area (TPSA) is 218 Å². The number of ether oxygens (including phenoxy) is 1. The highest BCUT2D eigenvalue weighted by Gasteiger charge is 2.28. The Balaban J connectivity index is 1.49. The fraction of sp³-hybridized carbons (Fsp3) is 0.250. The number of fused-ring (bicyclic) bond motifs is 1. The first-order chi connectivity index (χ1) is 24.3. The van der Waals surface area contributed by atoms with Gasteiger partial charge in [-0.25, -0.2) is 4.57 Å². The van der Waals surface area contributed by atoms with Crippen molar-refractivity contribution in [2.75, 3.05) is 13.2 Å². The Hall–Kier alpha value is -5.56. The van der Waals surface area contributed by atoms with Crippen molar-refractivity contribution >= 4 is 48.3 Å². The van der Waals surface area contributed by atoms with E-state index < -0.39 is 56.0 Å². The average molecular weight is 720 g/mol. The van der Waals surface area contributed by atoms with Gasteiger partial charge < -0.3 is 30.3 Å². The van der Waals surface area contributed by atoms with Gasteiger partial charge in [-0.1, -0.05) is 84.9 Å². The summed E-state index contributed by atoms with van der Waals surface area (Å²) in [7, 11) is -4.80. The van der Waals surface area contributed by atoms with Crippen molar-refractivity contribution in [3.63, 3.8) is 0 Å². The van der Waals surface area contributed by atoms with E-state index >= 15 is 0 Å². The summed E-state index contributed by atoms with van der Waals surface area (Å²) in [5, 5.41) is 18.8. The second-order valence-corrected chi connectivity index (χ2v) is 12.7. The van der Waals surface area contributed by atoms with Gasteiger partial charge in [-0.05, 0) is 39.6 Å². The second-order valence-electron chi connectivity index (χ2n) is 11.6. The van der Waals surface area contributed by atoms with E-state index in [2.05, 4.69) is 20.5 Å². The molecule has 14 nitrogen and oxygen atoms in total. The molecule has 0 bridgehead atoms. The van der Waals surface area contributed by atoms with E-state index in [1.54, 1.807) is 24.3 Å². The van der Waals surface area contributed by atoms with Crippen LogP contribution in [0, 0.1) is 0 Å². The van der Waals surface area contributed by atoms with Crippen molar-refractivity contribution < 1.29 is 52.7 Å². The van der Waals surface area contributed by atoms with Crippen LogP contribution < -0.4 is 20.5 Å². The molecule has 3 amide bonds. The Kier molecular flexibility index (Phi) is 13.8. The SMILES string of the molecule is O=C(O)CCC(=O)OCCNC(=O)C(Cc1ccc(OP(=O)(O)O)cc1)NC(=O)[C@@H](Cc1ccccc1)NC(=O)Cc1ccc2ccccc2c1. The van der Waals surface area contributed by atoms with E-state index in [0.29, 0.717) is 5.56 Å². The number of nitrogens with one attached hydrogen (secondary N) is 3. The van der Waals surface area contributed by atoms with Crippen LogP contribution in [0.25, 0.3) is 10.8 Å². The fourth-order valence-electron chi connectivity index (χ4n) is 5.12. The van der Waals surface area contributed by atoms with E-state index in [1.165, 1.54) is 24.3 Å². The van der Waals surface area contributed by atoms with Gasteiger partial charge in [0.1, 0.15) is 24.4 Å². The van der Waals surface area contributed by atoms with Crippen LogP contribution in [0.4, 0.5) is 0 Å². The van der Waals surface area contributed by atoms with Crippen LogP contribution in [0.1, 0.15) is 29.5 Å². The summed E-state index contributed by atoms with van der Waals surface area (Å²) in [6.45, 7) is -0.393. The molecule has 0 saturated heterocycles. The van der Waals surface area contributed by atoms with Crippen molar-refractivity contribution in [1.29, 1.82) is 0 Å². The molecule has 0 saturated carbocycles. The number of rotatable bonds is 18. The zero-order valence-electron chi connectivity index (χ0n) is 27.4. The van der Waals surface area contributed by atoms with E-state index in [4.69, 9.17) is 19.6 Å². The number of benzene rings is 4. The van der Waals surface area contributed by atoms with Gasteiger partial charge in [-0.3, -0.25) is 33.8 Å². The minimum atomic E-state index is -4.80. The number of phosphoric acid groups is 1. The van der Waals surface area contributed by atoms with Crippen molar-refractivity contribution in [1.82, 2.24) is 16.0 Å². The van der Waals surface area contributed by atoms with Gasteiger partial charge in [0.05, 0.1) is 25.8 Å². The Morgan fingerprint density at radius 3 is 1.96 bits per heavy atom. The summed E-state index contributed by atoms with van der Waals surface area (Å²) in [4.78, 5) is 81.2. The standard InChI is InChI=1S/C36H38N3O11P/c40-32(23-26-10-13-27-8-4-5-9-28(27)20-26)38-31(21-24-6-2-1-3-7-24)36(45)39-30(22-25-11-14-29(15-12-25)50-51(46,47)48)35(44)37-18-19-49-34(43)17-16-33(41)42/h1-15,20,30-31H,16-19,21-23H2,(H,37,44)(H,38,40)(H,39,45)(H,41,42)(H2,46,47,48)/t30?,31-/m1/s1. The lowest BCUT2D eigenvalue weighted by atomic mass is 10.0. The summed E-state index contributed by atoms with van der Waals surface area (Å²) >= 11 is 0. The van der Waals surface area contributed by atoms with Crippen LogP contribution in [-0.2, 0) is 52.5 Å². The molecular formula is C36H38N3O11P. The van der Waals surface area contributed by atoms with Gasteiger partial charge in [-0.2, -0.15) is 0 Å². The molecule has 0 heterocycles. The summed E-state index contributed by atoms with van der Waals surface area (Å²) in [5.74, 6) is -3.73. The van der Waals surface area contributed by atoms with Gasteiger partial charge >= 0.3 is 19.8 Å². The van der Waals surface area contributed by atoms with Gasteiger partial charge in [0, 0.05) is 12.8 Å². The molecule has 4 rings (SSSR count). The largest absolute Gasteiger partial charge is 0.524 e. The Labute approximate surface area is 293 Å².